The molecule has 0 unspecified atom stereocenters. The van der Waals surface area contributed by atoms with Crippen molar-refractivity contribution < 1.29 is 0 Å². The summed E-state index contributed by atoms with van der Waals surface area (Å²) in [6.45, 7) is 0. The molecule has 0 aliphatic carbocycles. The molecule has 0 N–H and O–H groups in total. The van der Waals surface area contributed by atoms with Crippen LogP contribution < -0.4 is 0 Å². The smallest absolute Gasteiger partial charge is 0.0971 e. The van der Waals surface area contributed by atoms with Gasteiger partial charge in [0.2, 0.25) is 0 Å². The molecule has 0 bridgehead atoms. The topological polar surface area (TPSA) is 25.8 Å². The minimum absolute atomic E-state index is 0.915. The molecule has 14 rings (SSSR count). The van der Waals surface area contributed by atoms with Gasteiger partial charge in [0.25, 0.3) is 0 Å². The van der Waals surface area contributed by atoms with Crippen molar-refractivity contribution in [1.82, 2.24) is 9.97 Å². The second-order valence-electron chi connectivity index (χ2n) is 18.5. The predicted octanol–water partition coefficient (Wildman–Crippen LogP) is 18.6. The molecule has 14 aromatic rings. The fourth-order valence-corrected chi connectivity index (χ4v) is 10.9. The summed E-state index contributed by atoms with van der Waals surface area (Å²) in [7, 11) is 0. The largest absolute Gasteiger partial charge is 0.252 e. The molecule has 0 saturated heterocycles. The van der Waals surface area contributed by atoms with E-state index in [2.05, 4.69) is 243 Å². The van der Waals surface area contributed by atoms with Gasteiger partial charge in [0.05, 0.1) is 11.0 Å². The highest BCUT2D eigenvalue weighted by Crippen LogP contribution is 2.40. The van der Waals surface area contributed by atoms with Gasteiger partial charge in [-0.05, 0) is 169 Å². The lowest BCUT2D eigenvalue weighted by Gasteiger charge is -2.14. The first-order valence-electron chi connectivity index (χ1n) is 24.0. The summed E-state index contributed by atoms with van der Waals surface area (Å²) in [6, 6.07) is 89.2. The first-order valence-corrected chi connectivity index (χ1v) is 24.0. The number of hydrogen-bond donors (Lipinski definition) is 0. The average Bonchev–Trinajstić information content (AvgIpc) is 3.44. The molecule has 13 aromatic carbocycles. The molecule has 0 aliphatic rings. The summed E-state index contributed by atoms with van der Waals surface area (Å²) in [4.78, 5) is 9.80. The molecule has 0 amide bonds. The number of rotatable bonds is 6. The van der Waals surface area contributed by atoms with Gasteiger partial charge in [-0.25, -0.2) is 0 Å². The van der Waals surface area contributed by atoms with Crippen LogP contribution in [-0.2, 0) is 0 Å². The lowest BCUT2D eigenvalue weighted by Crippen LogP contribution is -1.90. The van der Waals surface area contributed by atoms with Gasteiger partial charge in [-0.3, -0.25) is 9.97 Å². The molecule has 0 aliphatic heterocycles. The van der Waals surface area contributed by atoms with E-state index < -0.39 is 0 Å². The first kappa shape index (κ1) is 39.9. The lowest BCUT2D eigenvalue weighted by atomic mass is 9.91. The molecule has 0 fully saturated rings. The number of benzene rings is 13. The molecule has 0 saturated carbocycles. The van der Waals surface area contributed by atoms with E-state index in [1.54, 1.807) is 12.4 Å². The third-order valence-electron chi connectivity index (χ3n) is 14.5. The Bertz CT molecular complexity index is 4150. The van der Waals surface area contributed by atoms with Gasteiger partial charge < -0.3 is 0 Å². The van der Waals surface area contributed by atoms with Gasteiger partial charge in [-0.2, -0.15) is 0 Å². The van der Waals surface area contributed by atoms with E-state index in [9.17, 15) is 0 Å². The molecule has 0 atom stereocenters. The van der Waals surface area contributed by atoms with Gasteiger partial charge in [-0.1, -0.05) is 194 Å². The van der Waals surface area contributed by atoms with Crippen LogP contribution in [0, 0.1) is 0 Å². The van der Waals surface area contributed by atoms with Gasteiger partial charge in [0.1, 0.15) is 0 Å². The summed E-state index contributed by atoms with van der Waals surface area (Å²) in [5, 5.41) is 14.7. The van der Waals surface area contributed by atoms with Crippen molar-refractivity contribution in [2.75, 3.05) is 0 Å². The van der Waals surface area contributed by atoms with E-state index in [1.807, 2.05) is 0 Å². The number of fused-ring (bicyclic) bond motifs is 12. The van der Waals surface area contributed by atoms with E-state index in [1.165, 1.54) is 87.6 Å². The maximum Gasteiger partial charge on any atom is 0.0971 e. The Hall–Kier alpha value is -9.24. The molecule has 2 nitrogen and oxygen atoms in total. The molecular formula is C68H42N2. The normalized spacial score (nSPS) is 11.7. The van der Waals surface area contributed by atoms with Crippen LogP contribution >= 0.6 is 0 Å². The minimum Gasteiger partial charge on any atom is -0.252 e. The van der Waals surface area contributed by atoms with Crippen molar-refractivity contribution >= 4 is 75.7 Å². The van der Waals surface area contributed by atoms with E-state index in [0.717, 1.165) is 54.8 Å². The summed E-state index contributed by atoms with van der Waals surface area (Å²) in [6.07, 6.45) is 3.60. The van der Waals surface area contributed by atoms with Crippen molar-refractivity contribution in [3.63, 3.8) is 0 Å². The summed E-state index contributed by atoms with van der Waals surface area (Å²) >= 11 is 0. The van der Waals surface area contributed by atoms with Crippen LogP contribution in [0.2, 0.25) is 0 Å². The fourth-order valence-electron chi connectivity index (χ4n) is 10.9. The molecule has 1 heterocycles. The van der Waals surface area contributed by atoms with Crippen LogP contribution in [0.4, 0.5) is 0 Å². The van der Waals surface area contributed by atoms with Gasteiger partial charge in [0, 0.05) is 23.2 Å². The molecular weight excluding hydrogens is 845 g/mol. The Morgan fingerprint density at radius 1 is 0.171 bits per heavy atom. The molecule has 324 valence electrons. The fraction of sp³-hybridized carbons (Fsp3) is 0. The van der Waals surface area contributed by atoms with Crippen molar-refractivity contribution in [3.05, 3.63) is 255 Å². The standard InChI is InChI=1S/C68H42N2/c1-3-19-59-43(9-1)21-23-57-39-53(25-29-61(57)59)49-15-5-11-45(35-49)47-13-7-17-51(37-47)55-27-31-63-65(41-55)66-42-56(28-32-64(66)68-67(63)69-33-34-70-68)52-18-8-14-48(38-52)46-12-6-16-50(36-46)54-26-30-62-58(40-54)24-22-44-10-2-4-20-60(44)62/h1-42H. The maximum absolute atomic E-state index is 4.90. The second kappa shape index (κ2) is 16.2. The third kappa shape index (κ3) is 6.80. The predicted molar refractivity (Wildman–Crippen MR) is 297 cm³/mol. The SMILES string of the molecule is c1cc(-c2cccc(-c3ccc4c(c3)c3cc(-c5cccc(-c6cccc(-c7ccc8c(ccc9ccccc98)c7)c6)c5)ccc3c3nccnc43)c2)cc(-c2ccc3c(ccc4ccccc43)c2)c1. The zero-order valence-corrected chi connectivity index (χ0v) is 38.1. The zero-order valence-electron chi connectivity index (χ0n) is 38.1. The summed E-state index contributed by atoms with van der Waals surface area (Å²) < 4.78 is 0. The van der Waals surface area contributed by atoms with E-state index in [-0.39, 0.29) is 0 Å². The van der Waals surface area contributed by atoms with Gasteiger partial charge in [-0.15, -0.1) is 0 Å². The van der Waals surface area contributed by atoms with E-state index in [0.29, 0.717) is 0 Å². The van der Waals surface area contributed by atoms with E-state index >= 15 is 0 Å². The molecule has 70 heavy (non-hydrogen) atoms. The molecule has 2 heteroatoms. The number of nitrogens with zero attached hydrogens (tertiary/aromatic N) is 2. The Labute approximate surface area is 405 Å². The van der Waals surface area contributed by atoms with Crippen LogP contribution in [0.25, 0.3) is 142 Å². The van der Waals surface area contributed by atoms with Gasteiger partial charge in [0.15, 0.2) is 0 Å². The monoisotopic (exact) mass is 886 g/mol. The number of hydrogen-bond acceptors (Lipinski definition) is 2. The average molecular weight is 887 g/mol. The van der Waals surface area contributed by atoms with Crippen LogP contribution in [0.1, 0.15) is 0 Å². The zero-order chi connectivity index (χ0) is 46.1. The van der Waals surface area contributed by atoms with Gasteiger partial charge >= 0.3 is 0 Å². The minimum atomic E-state index is 0.915. The van der Waals surface area contributed by atoms with Crippen LogP contribution in [0.15, 0.2) is 255 Å². The summed E-state index contributed by atoms with van der Waals surface area (Å²) in [5.41, 5.74) is 16.0. The quantitative estimate of drug-likeness (QED) is 0.156. The van der Waals surface area contributed by atoms with Crippen LogP contribution in [0.3, 0.4) is 0 Å². The van der Waals surface area contributed by atoms with Crippen molar-refractivity contribution in [1.29, 1.82) is 0 Å². The molecule has 0 spiro atoms. The van der Waals surface area contributed by atoms with Crippen LogP contribution in [-0.4, -0.2) is 9.97 Å². The Balaban J connectivity index is 0.819. The Morgan fingerprint density at radius 3 is 0.829 bits per heavy atom. The van der Waals surface area contributed by atoms with Crippen molar-refractivity contribution in [2.45, 2.75) is 0 Å². The van der Waals surface area contributed by atoms with Crippen molar-refractivity contribution in [3.8, 4) is 66.8 Å². The summed E-state index contributed by atoms with van der Waals surface area (Å²) in [5.74, 6) is 0. The highest BCUT2D eigenvalue weighted by molar-refractivity contribution is 6.24. The highest BCUT2D eigenvalue weighted by atomic mass is 14.8. The Morgan fingerprint density at radius 2 is 0.457 bits per heavy atom. The maximum atomic E-state index is 4.90. The highest BCUT2D eigenvalue weighted by Gasteiger charge is 2.15. The molecule has 1 aromatic heterocycles. The third-order valence-corrected chi connectivity index (χ3v) is 14.5. The number of aromatic nitrogens is 2. The first-order chi connectivity index (χ1) is 34.6. The Kier molecular flexibility index (Phi) is 9.25. The lowest BCUT2D eigenvalue weighted by molar-refractivity contribution is 1.31. The van der Waals surface area contributed by atoms with E-state index in [4.69, 9.17) is 9.97 Å². The molecule has 0 radical (unpaired) electrons. The second-order valence-corrected chi connectivity index (χ2v) is 18.5. The van der Waals surface area contributed by atoms with Crippen LogP contribution in [0.5, 0.6) is 0 Å². The van der Waals surface area contributed by atoms with Crippen molar-refractivity contribution in [2.24, 2.45) is 0 Å².